The number of carboxylic acids is 2. The van der Waals surface area contributed by atoms with Crippen LogP contribution in [0.2, 0.25) is 0 Å². The number of benzene rings is 1. The first-order chi connectivity index (χ1) is 12.3. The molecule has 8 heteroatoms. The number of nitrogens with one attached hydrogen (secondary N) is 1. The second-order valence-electron chi connectivity index (χ2n) is 7.45. The summed E-state index contributed by atoms with van der Waals surface area (Å²) in [4.78, 5) is 20.4. The Balaban J connectivity index is 0.000000580. The van der Waals surface area contributed by atoms with Crippen LogP contribution in [0, 0.1) is 11.8 Å². The minimum Gasteiger partial charge on any atom is -0.508 e. The molecule has 27 heavy (non-hydrogen) atoms. The molecule has 3 atom stereocenters. The standard InChI is InChI=1S/C13H21NO3.C6H10O4/c1-13(2,3)14-7-12(17)9-4-5-11(16)10(6-9)8-15;1-3(5(7)8)4(2)6(9)10/h4-6,12,14-17H,7-8H2,1-3H3;3-4H,1-2H3,(H,7,8)(H,9,10)/t12-;3-,4-/m01/s1. The fraction of sp³-hybridized carbons (Fsp3) is 0.579. The van der Waals surface area contributed by atoms with E-state index >= 15 is 0 Å². The number of aliphatic hydroxyl groups excluding tert-OH is 2. The summed E-state index contributed by atoms with van der Waals surface area (Å²) in [5, 5.41) is 48.3. The minimum atomic E-state index is -1.07. The molecule has 0 radical (unpaired) electrons. The van der Waals surface area contributed by atoms with Gasteiger partial charge in [0, 0.05) is 17.6 Å². The van der Waals surface area contributed by atoms with Gasteiger partial charge in [-0.25, -0.2) is 0 Å². The number of aliphatic carboxylic acids is 2. The van der Waals surface area contributed by atoms with Crippen molar-refractivity contribution < 1.29 is 35.1 Å². The Kier molecular flexibility index (Phi) is 9.99. The maximum atomic E-state index is 10.2. The Hall–Kier alpha value is -2.16. The summed E-state index contributed by atoms with van der Waals surface area (Å²) in [5.41, 5.74) is 1.05. The number of carbonyl (C=O) groups is 2. The molecule has 1 rings (SSSR count). The molecule has 0 heterocycles. The maximum absolute atomic E-state index is 10.2. The van der Waals surface area contributed by atoms with Crippen LogP contribution in [0.1, 0.15) is 51.8 Å². The van der Waals surface area contributed by atoms with Gasteiger partial charge in [0.1, 0.15) is 5.75 Å². The summed E-state index contributed by atoms with van der Waals surface area (Å²) in [6.45, 7) is 9.02. The molecule has 8 nitrogen and oxygen atoms in total. The van der Waals surface area contributed by atoms with Crippen LogP contribution in [0.25, 0.3) is 0 Å². The van der Waals surface area contributed by atoms with Gasteiger partial charge in [-0.1, -0.05) is 19.9 Å². The SMILES string of the molecule is CC(C)(C)NC[C@H](O)c1ccc(O)c(CO)c1.C[C@@H](C(=O)O)[C@@H](C)C(=O)O. The fourth-order valence-corrected chi connectivity index (χ4v) is 1.89. The first-order valence-electron chi connectivity index (χ1n) is 8.61. The van der Waals surface area contributed by atoms with Crippen LogP contribution in [0.15, 0.2) is 18.2 Å². The third-order valence-electron chi connectivity index (χ3n) is 4.01. The van der Waals surface area contributed by atoms with Crippen LogP contribution >= 0.6 is 0 Å². The molecule has 6 N–H and O–H groups in total. The smallest absolute Gasteiger partial charge is 0.307 e. The zero-order chi connectivity index (χ0) is 21.4. The van der Waals surface area contributed by atoms with E-state index in [0.29, 0.717) is 17.7 Å². The zero-order valence-electron chi connectivity index (χ0n) is 16.4. The maximum Gasteiger partial charge on any atom is 0.307 e. The van der Waals surface area contributed by atoms with Crippen molar-refractivity contribution in [1.29, 1.82) is 0 Å². The summed E-state index contributed by atoms with van der Waals surface area (Å²) in [7, 11) is 0. The number of hydrogen-bond donors (Lipinski definition) is 6. The summed E-state index contributed by atoms with van der Waals surface area (Å²) in [5.74, 6) is -3.74. The summed E-state index contributed by atoms with van der Waals surface area (Å²) >= 11 is 0. The van der Waals surface area contributed by atoms with Crippen molar-refractivity contribution in [2.75, 3.05) is 6.54 Å². The first kappa shape index (κ1) is 24.8. The Morgan fingerprint density at radius 3 is 1.93 bits per heavy atom. The van der Waals surface area contributed by atoms with Crippen LogP contribution in [0.3, 0.4) is 0 Å². The number of β-amino-alcohol motifs (C(OH)–C–C–N with tert-alkyl or cyclic N) is 1. The summed E-state index contributed by atoms with van der Waals surface area (Å²) in [6, 6.07) is 4.76. The monoisotopic (exact) mass is 385 g/mol. The molecule has 1 aromatic carbocycles. The third-order valence-corrected chi connectivity index (χ3v) is 4.01. The molecule has 154 valence electrons. The van der Waals surface area contributed by atoms with E-state index in [1.54, 1.807) is 12.1 Å². The van der Waals surface area contributed by atoms with Gasteiger partial charge >= 0.3 is 11.9 Å². The van der Waals surface area contributed by atoms with Crippen LogP contribution < -0.4 is 5.32 Å². The summed E-state index contributed by atoms with van der Waals surface area (Å²) < 4.78 is 0. The van der Waals surface area contributed by atoms with Crippen LogP contribution in [0.5, 0.6) is 5.75 Å². The van der Waals surface area contributed by atoms with Gasteiger partial charge in [0.05, 0.1) is 24.5 Å². The molecular formula is C19H31NO7. The van der Waals surface area contributed by atoms with E-state index in [-0.39, 0.29) is 17.9 Å². The van der Waals surface area contributed by atoms with Gasteiger partial charge in [-0.05, 0) is 38.5 Å². The molecule has 0 unspecified atom stereocenters. The molecule has 0 saturated carbocycles. The van der Waals surface area contributed by atoms with E-state index in [4.69, 9.17) is 15.3 Å². The highest BCUT2D eigenvalue weighted by Gasteiger charge is 2.24. The van der Waals surface area contributed by atoms with E-state index in [0.717, 1.165) is 0 Å². The van der Waals surface area contributed by atoms with Gasteiger partial charge in [-0.3, -0.25) is 9.59 Å². The van der Waals surface area contributed by atoms with E-state index in [2.05, 4.69) is 5.32 Å². The van der Waals surface area contributed by atoms with Crippen molar-refractivity contribution in [3.8, 4) is 5.75 Å². The van der Waals surface area contributed by atoms with Crippen molar-refractivity contribution in [3.05, 3.63) is 29.3 Å². The first-order valence-corrected chi connectivity index (χ1v) is 8.61. The van der Waals surface area contributed by atoms with Gasteiger partial charge in [0.2, 0.25) is 0 Å². The number of phenols is 1. The zero-order valence-corrected chi connectivity index (χ0v) is 16.4. The summed E-state index contributed by atoms with van der Waals surface area (Å²) in [6.07, 6.45) is -0.653. The van der Waals surface area contributed by atoms with Crippen LogP contribution in [0.4, 0.5) is 0 Å². The minimum absolute atomic E-state index is 0.0484. The Bertz CT molecular complexity index is 607. The lowest BCUT2D eigenvalue weighted by Crippen LogP contribution is -2.38. The van der Waals surface area contributed by atoms with Gasteiger partial charge in [-0.2, -0.15) is 0 Å². The fourth-order valence-electron chi connectivity index (χ4n) is 1.89. The number of aliphatic hydroxyl groups is 2. The quantitative estimate of drug-likeness (QED) is 0.416. The highest BCUT2D eigenvalue weighted by atomic mass is 16.4. The molecular weight excluding hydrogens is 354 g/mol. The van der Waals surface area contributed by atoms with E-state index in [9.17, 15) is 19.8 Å². The van der Waals surface area contributed by atoms with Gasteiger partial charge in [0.25, 0.3) is 0 Å². The van der Waals surface area contributed by atoms with Crippen molar-refractivity contribution in [3.63, 3.8) is 0 Å². The van der Waals surface area contributed by atoms with Gasteiger partial charge in [-0.15, -0.1) is 0 Å². The Morgan fingerprint density at radius 1 is 1.07 bits per heavy atom. The van der Waals surface area contributed by atoms with Gasteiger partial charge < -0.3 is 30.8 Å². The molecule has 0 aliphatic rings. The second-order valence-corrected chi connectivity index (χ2v) is 7.45. The predicted octanol–water partition coefficient (Wildman–Crippen LogP) is 1.73. The largest absolute Gasteiger partial charge is 0.508 e. The second kappa shape index (κ2) is 10.9. The molecule has 0 spiro atoms. The molecule has 1 aromatic rings. The Labute approximate surface area is 159 Å². The van der Waals surface area contributed by atoms with Crippen LogP contribution in [-0.2, 0) is 16.2 Å². The number of carboxylic acid groups (broad SMARTS) is 2. The van der Waals surface area contributed by atoms with E-state index < -0.39 is 29.9 Å². The lowest BCUT2D eigenvalue weighted by molar-refractivity contribution is -0.152. The molecule has 0 saturated heterocycles. The third kappa shape index (κ3) is 9.37. The highest BCUT2D eigenvalue weighted by Crippen LogP contribution is 2.22. The number of aromatic hydroxyl groups is 1. The molecule has 0 fully saturated rings. The van der Waals surface area contributed by atoms with E-state index in [1.165, 1.54) is 19.9 Å². The van der Waals surface area contributed by atoms with Crippen molar-refractivity contribution in [2.45, 2.75) is 52.9 Å². The average molecular weight is 385 g/mol. The number of rotatable bonds is 7. The van der Waals surface area contributed by atoms with Crippen LogP contribution in [-0.4, -0.2) is 49.6 Å². The normalized spacial score (nSPS) is 14.5. The van der Waals surface area contributed by atoms with Gasteiger partial charge in [0.15, 0.2) is 0 Å². The highest BCUT2D eigenvalue weighted by molar-refractivity contribution is 5.79. The van der Waals surface area contributed by atoms with Crippen molar-refractivity contribution in [2.24, 2.45) is 11.8 Å². The molecule has 0 aliphatic heterocycles. The van der Waals surface area contributed by atoms with Crippen molar-refractivity contribution in [1.82, 2.24) is 5.32 Å². The average Bonchev–Trinajstić information content (AvgIpc) is 2.58. The lowest BCUT2D eigenvalue weighted by Gasteiger charge is -2.23. The van der Waals surface area contributed by atoms with Crippen molar-refractivity contribution >= 4 is 11.9 Å². The molecule has 0 amide bonds. The Morgan fingerprint density at radius 2 is 1.56 bits per heavy atom. The topological polar surface area (TPSA) is 147 Å². The predicted molar refractivity (Wildman–Crippen MR) is 100 cm³/mol. The number of hydrogen-bond acceptors (Lipinski definition) is 6. The molecule has 0 aromatic heterocycles. The lowest BCUT2D eigenvalue weighted by atomic mass is 9.97. The molecule has 0 aliphatic carbocycles. The van der Waals surface area contributed by atoms with E-state index in [1.807, 2.05) is 20.8 Å². The molecule has 0 bridgehead atoms.